The monoisotopic (exact) mass is 720 g/mol. The van der Waals surface area contributed by atoms with E-state index in [-0.39, 0.29) is 35.6 Å². The van der Waals surface area contributed by atoms with E-state index in [4.69, 9.17) is 24.4 Å². The highest BCUT2D eigenvalue weighted by Gasteiger charge is 2.55. The van der Waals surface area contributed by atoms with E-state index in [2.05, 4.69) is 39.1 Å². The van der Waals surface area contributed by atoms with Crippen LogP contribution in [0.3, 0.4) is 0 Å². The van der Waals surface area contributed by atoms with Gasteiger partial charge in [-0.25, -0.2) is 9.37 Å². The maximum Gasteiger partial charge on any atom is 0.311 e. The summed E-state index contributed by atoms with van der Waals surface area (Å²) in [5, 5.41) is 22.9. The second-order valence-electron chi connectivity index (χ2n) is 13.9. The van der Waals surface area contributed by atoms with Crippen LogP contribution in [0.5, 0.6) is 0 Å². The molecule has 0 saturated carbocycles. The van der Waals surface area contributed by atoms with Gasteiger partial charge in [-0.15, -0.1) is 11.3 Å². The highest BCUT2D eigenvalue weighted by molar-refractivity contribution is 7.80. The van der Waals surface area contributed by atoms with Crippen LogP contribution < -0.4 is 16.0 Å². The van der Waals surface area contributed by atoms with Crippen molar-refractivity contribution < 1.29 is 19.1 Å². The van der Waals surface area contributed by atoms with Crippen LogP contribution in [-0.4, -0.2) is 31.9 Å². The van der Waals surface area contributed by atoms with Crippen molar-refractivity contribution in [3.05, 3.63) is 118 Å². The van der Waals surface area contributed by atoms with Gasteiger partial charge in [0, 0.05) is 28.2 Å². The molecule has 2 fully saturated rings. The fourth-order valence-corrected chi connectivity index (χ4v) is 9.58. The van der Waals surface area contributed by atoms with Crippen LogP contribution in [-0.2, 0) is 9.59 Å². The minimum absolute atomic E-state index is 0.0365. The number of carbonyl (C=O) groups excluding carboxylic acids is 1. The summed E-state index contributed by atoms with van der Waals surface area (Å²) in [7, 11) is 0. The van der Waals surface area contributed by atoms with E-state index in [0.717, 1.165) is 32.1 Å². The summed E-state index contributed by atoms with van der Waals surface area (Å²) in [6.45, 7) is 3.80. The highest BCUT2D eigenvalue weighted by Crippen LogP contribution is 2.54. The van der Waals surface area contributed by atoms with Crippen molar-refractivity contribution in [2.24, 2.45) is 10.8 Å². The van der Waals surface area contributed by atoms with Gasteiger partial charge < -0.3 is 21.1 Å². The first-order valence-corrected chi connectivity index (χ1v) is 18.2. The molecule has 6 atom stereocenters. The van der Waals surface area contributed by atoms with Gasteiger partial charge in [0.25, 0.3) is 0 Å². The van der Waals surface area contributed by atoms with Crippen molar-refractivity contribution in [3.8, 4) is 11.3 Å². The molecule has 5 heterocycles. The average molecular weight is 721 g/mol. The van der Waals surface area contributed by atoms with Crippen LogP contribution in [0.25, 0.3) is 22.0 Å². The van der Waals surface area contributed by atoms with E-state index in [1.165, 1.54) is 28.5 Å². The number of carbonyl (C=O) groups is 2. The van der Waals surface area contributed by atoms with Crippen LogP contribution >= 0.6 is 35.8 Å². The number of benzene rings is 4. The SMILES string of the molecule is CC1(C(=O)Nc2nc(-c3ccc(F)c4ccccc34)cs2)CC2C(=S)NC1c1ccccc12.CC1(C(=O)O)CC2C(=S)NC1c1ccccc12. The number of thiazole rings is 1. The zero-order valence-corrected chi connectivity index (χ0v) is 29.6. The molecule has 5 aromatic rings. The number of aromatic nitrogens is 1. The van der Waals surface area contributed by atoms with Gasteiger partial charge in [0.1, 0.15) is 5.82 Å². The Labute approximate surface area is 303 Å². The maximum absolute atomic E-state index is 14.2. The number of hydrogen-bond donors (Lipinski definition) is 4. The Balaban J connectivity index is 0.000000178. The third-order valence-electron chi connectivity index (χ3n) is 11.0. The molecule has 2 aliphatic carbocycles. The molecule has 2 saturated heterocycles. The second kappa shape index (κ2) is 12.0. The van der Waals surface area contributed by atoms with E-state index in [1.54, 1.807) is 19.1 Å². The zero-order chi connectivity index (χ0) is 34.9. The summed E-state index contributed by atoms with van der Waals surface area (Å²) < 4.78 is 14.2. The lowest BCUT2D eigenvalue weighted by Crippen LogP contribution is -2.56. The number of nitrogens with zero attached hydrogens (tertiary/aromatic N) is 1. The lowest BCUT2D eigenvalue weighted by Gasteiger charge is -2.50. The number of thiocarbonyl (C=S) groups is 2. The standard InChI is InChI=1S/C26H20FN3OS2.C13H13NO2S/c1-26(12-19-15-7-3-5-9-18(15)22(26)29-23(19)32)24(31)30-25-28-21(13-33-25)17-10-11-20(27)16-8-4-2-6-14(16)17;1-13(12(15)16)6-9-7-4-2-3-5-8(7)10(13)14-11(9)17/h2-11,13,19,22H,12H2,1H3,(H,29,32)(H,28,30,31);2-5,9-10H,6H2,1H3,(H,14,17)(H,15,16). The number of anilines is 1. The molecule has 4 N–H and O–H groups in total. The van der Waals surface area contributed by atoms with Crippen LogP contribution in [0.2, 0.25) is 0 Å². The number of amides is 1. The summed E-state index contributed by atoms with van der Waals surface area (Å²) >= 11 is 12.3. The van der Waals surface area contributed by atoms with E-state index in [9.17, 15) is 19.1 Å². The van der Waals surface area contributed by atoms with E-state index in [0.29, 0.717) is 29.1 Å². The summed E-state index contributed by atoms with van der Waals surface area (Å²) in [6, 6.07) is 26.4. The number of rotatable bonds is 4. The van der Waals surface area contributed by atoms with Gasteiger partial charge in [0.05, 0.1) is 38.6 Å². The molecule has 0 radical (unpaired) electrons. The molecule has 4 bridgehead atoms. The van der Waals surface area contributed by atoms with Gasteiger partial charge in [0.15, 0.2) is 5.13 Å². The third-order valence-corrected chi connectivity index (χ3v) is 12.5. The number of piperidine rings is 2. The molecule has 1 aromatic heterocycles. The Kier molecular flexibility index (Phi) is 7.85. The quantitative estimate of drug-likeness (QED) is 0.137. The Morgan fingerprint density at radius 1 is 0.800 bits per heavy atom. The number of carboxylic acid groups (broad SMARTS) is 1. The van der Waals surface area contributed by atoms with Crippen molar-refractivity contribution >= 4 is 73.5 Å². The lowest BCUT2D eigenvalue weighted by atomic mass is 9.61. The van der Waals surface area contributed by atoms with E-state index >= 15 is 0 Å². The number of aliphatic carboxylic acids is 1. The van der Waals surface area contributed by atoms with Gasteiger partial charge in [0.2, 0.25) is 5.91 Å². The summed E-state index contributed by atoms with van der Waals surface area (Å²) in [5.74, 6) is -1.00. The highest BCUT2D eigenvalue weighted by atomic mass is 32.1. The van der Waals surface area contributed by atoms with Crippen LogP contribution in [0.4, 0.5) is 9.52 Å². The molecule has 11 rings (SSSR count). The zero-order valence-electron chi connectivity index (χ0n) is 27.2. The Morgan fingerprint density at radius 2 is 1.32 bits per heavy atom. The first-order valence-electron chi connectivity index (χ1n) is 16.5. The van der Waals surface area contributed by atoms with Gasteiger partial charge >= 0.3 is 5.97 Å². The molecule has 1 amide bonds. The third kappa shape index (κ3) is 5.05. The Hall–Kier alpha value is -4.58. The Morgan fingerprint density at radius 3 is 1.92 bits per heavy atom. The maximum atomic E-state index is 14.2. The predicted molar refractivity (Wildman–Crippen MR) is 202 cm³/mol. The number of halogens is 1. The van der Waals surface area contributed by atoms with Gasteiger partial charge in [-0.05, 0) is 66.5 Å². The second-order valence-corrected chi connectivity index (χ2v) is 15.7. The molecule has 4 aromatic carbocycles. The largest absolute Gasteiger partial charge is 0.481 e. The van der Waals surface area contributed by atoms with Crippen LogP contribution in [0.15, 0.2) is 90.3 Å². The fourth-order valence-electron chi connectivity index (χ4n) is 8.21. The first-order chi connectivity index (χ1) is 24.0. The first kappa shape index (κ1) is 32.6. The molecule has 4 aliphatic heterocycles. The number of fused-ring (bicyclic) bond motifs is 5. The fraction of sp³-hybridized carbons (Fsp3) is 0.256. The topological polar surface area (TPSA) is 103 Å². The van der Waals surface area contributed by atoms with Crippen molar-refractivity contribution in [2.45, 2.75) is 50.6 Å². The summed E-state index contributed by atoms with van der Waals surface area (Å²) in [6.07, 6.45) is 1.25. The molecule has 252 valence electrons. The minimum atomic E-state index is -0.763. The van der Waals surface area contributed by atoms with Gasteiger partial charge in [-0.3, -0.25) is 9.59 Å². The molecular weight excluding hydrogens is 688 g/mol. The van der Waals surface area contributed by atoms with Crippen LogP contribution in [0, 0.1) is 16.6 Å². The van der Waals surface area contributed by atoms with Gasteiger partial charge in [-0.2, -0.15) is 0 Å². The molecule has 50 heavy (non-hydrogen) atoms. The summed E-state index contributed by atoms with van der Waals surface area (Å²) in [5.41, 5.74) is 4.77. The smallest absolute Gasteiger partial charge is 0.311 e. The molecular formula is C39H33FN4O3S3. The van der Waals surface area contributed by atoms with E-state index in [1.807, 2.05) is 60.8 Å². The molecule has 11 heteroatoms. The van der Waals surface area contributed by atoms with Crippen molar-refractivity contribution in [1.82, 2.24) is 15.6 Å². The van der Waals surface area contributed by atoms with Crippen molar-refractivity contribution in [1.29, 1.82) is 0 Å². The Bertz CT molecular complexity index is 2260. The van der Waals surface area contributed by atoms with Crippen LogP contribution in [0.1, 0.15) is 72.9 Å². The normalized spacial score (nSPS) is 26.9. The van der Waals surface area contributed by atoms with Crippen molar-refractivity contribution in [2.75, 3.05) is 5.32 Å². The minimum Gasteiger partial charge on any atom is -0.481 e. The molecule has 0 spiro atoms. The molecule has 6 unspecified atom stereocenters. The number of carboxylic acids is 1. The molecule has 7 nitrogen and oxygen atoms in total. The van der Waals surface area contributed by atoms with E-state index < -0.39 is 16.8 Å². The van der Waals surface area contributed by atoms with Gasteiger partial charge in [-0.1, -0.05) is 97.2 Å². The summed E-state index contributed by atoms with van der Waals surface area (Å²) in [4.78, 5) is 31.3. The lowest BCUT2D eigenvalue weighted by molar-refractivity contribution is -0.151. The van der Waals surface area contributed by atoms with Crippen molar-refractivity contribution in [3.63, 3.8) is 0 Å². The number of hydrogen-bond acceptors (Lipinski definition) is 6. The predicted octanol–water partition coefficient (Wildman–Crippen LogP) is 8.44. The average Bonchev–Trinajstić information content (AvgIpc) is 3.58. The molecule has 6 aliphatic rings. The number of nitrogens with one attached hydrogen (secondary N) is 3.